The van der Waals surface area contributed by atoms with Crippen LogP contribution in [0.5, 0.6) is 5.75 Å². The summed E-state index contributed by atoms with van der Waals surface area (Å²) in [5.41, 5.74) is 0.519. The van der Waals surface area contributed by atoms with E-state index < -0.39 is 38.3 Å². The maximum absolute atomic E-state index is 11.9. The van der Waals surface area contributed by atoms with Crippen LogP contribution in [0.2, 0.25) is 0 Å². The molecule has 12 heteroatoms. The van der Waals surface area contributed by atoms with Crippen LogP contribution in [0.15, 0.2) is 24.3 Å². The lowest BCUT2D eigenvalue weighted by Gasteiger charge is -2.40. The Morgan fingerprint density at radius 3 is 2.55 bits per heavy atom. The Morgan fingerprint density at radius 2 is 1.90 bits per heavy atom. The van der Waals surface area contributed by atoms with Gasteiger partial charge in [0.15, 0.2) is 0 Å². The molecule has 1 aliphatic heterocycles. The predicted molar refractivity (Wildman–Crippen MR) is 118 cm³/mol. The largest absolute Gasteiger partial charge is 0.462 e. The fourth-order valence-electron chi connectivity index (χ4n) is 2.77. The zero-order chi connectivity index (χ0) is 22.8. The van der Waals surface area contributed by atoms with Crippen molar-refractivity contribution in [3.63, 3.8) is 0 Å². The van der Waals surface area contributed by atoms with Crippen molar-refractivity contribution in [2.24, 2.45) is 0 Å². The van der Waals surface area contributed by atoms with Gasteiger partial charge >= 0.3 is 6.03 Å². The molecular weight excluding hydrogens is 447 g/mol. The zero-order valence-corrected chi connectivity index (χ0v) is 18.4. The summed E-state index contributed by atoms with van der Waals surface area (Å²) >= 11 is 3.71. The van der Waals surface area contributed by atoms with Crippen LogP contribution in [0.25, 0.3) is 0 Å². The molecule has 2 amide bonds. The number of urea groups is 1. The first-order valence-electron chi connectivity index (χ1n) is 9.57. The fraction of sp³-hybridized carbons (Fsp3) is 0.526. The maximum Gasteiger partial charge on any atom is 0.319 e. The van der Waals surface area contributed by atoms with Crippen molar-refractivity contribution in [1.82, 2.24) is 5.32 Å². The van der Waals surface area contributed by atoms with E-state index >= 15 is 0 Å². The molecule has 1 aromatic carbocycles. The molecule has 6 atom stereocenters. The Morgan fingerprint density at radius 1 is 1.19 bits per heavy atom. The van der Waals surface area contributed by atoms with Crippen LogP contribution in [-0.2, 0) is 9.26 Å². The van der Waals surface area contributed by atoms with Gasteiger partial charge in [-0.2, -0.15) is 0 Å². The van der Waals surface area contributed by atoms with Gasteiger partial charge in [-0.15, -0.1) is 12.3 Å². The number of unbranched alkanes of at least 4 members (excludes halogenated alkanes) is 2. The molecule has 6 N–H and O–H groups in total. The van der Waals surface area contributed by atoms with Crippen LogP contribution in [0.1, 0.15) is 19.3 Å². The summed E-state index contributed by atoms with van der Waals surface area (Å²) in [5, 5.41) is 35.6. The van der Waals surface area contributed by atoms with Crippen molar-refractivity contribution >= 4 is 31.5 Å². The average molecular weight is 474 g/mol. The summed E-state index contributed by atoms with van der Waals surface area (Å²) in [6.45, 7) is 0.257. The number of thiol groups is 1. The van der Waals surface area contributed by atoms with Crippen LogP contribution >= 0.6 is 19.8 Å². The predicted octanol–water partition coefficient (Wildman–Crippen LogP) is 0.964. The Balaban J connectivity index is 1.86. The van der Waals surface area contributed by atoms with Crippen molar-refractivity contribution < 1.29 is 39.0 Å². The van der Waals surface area contributed by atoms with E-state index in [1.807, 2.05) is 0 Å². The number of benzene rings is 1. The number of rotatable bonds is 10. The van der Waals surface area contributed by atoms with E-state index in [9.17, 15) is 20.1 Å². The number of carbonyl (C=O) groups excluding carboxylic acids is 1. The molecule has 172 valence electrons. The molecule has 1 fully saturated rings. The number of nitrogens with one attached hydrogen (secondary N) is 2. The number of aliphatic hydroxyl groups is 3. The number of hydrogen-bond acceptors (Lipinski definition) is 9. The fourth-order valence-corrected chi connectivity index (χ4v) is 3.25. The third-order valence-corrected chi connectivity index (χ3v) is 5.15. The molecule has 1 heterocycles. The standard InChI is InChI=1S/C19H27N2O8PS/c1-2-3-4-5-10-20-19(25)21-12-6-8-13(9-7-12)28-18-17(24)16(23)15(22)14(29-18)11-27-30(26)31/h1,6-9,14-18,22-24,26,31H,3-5,10-11H2,(H2,20,21,25)/t14?,15-,16?,17?,18+,30?/m1/s1. The van der Waals surface area contributed by atoms with Gasteiger partial charge in [0.25, 0.3) is 0 Å². The number of ether oxygens (including phenoxy) is 2. The summed E-state index contributed by atoms with van der Waals surface area (Å²) in [7, 11) is -1.98. The third-order valence-electron chi connectivity index (χ3n) is 4.42. The lowest BCUT2D eigenvalue weighted by Crippen LogP contribution is -2.60. The van der Waals surface area contributed by atoms with Gasteiger partial charge in [-0.1, -0.05) is 12.2 Å². The zero-order valence-electron chi connectivity index (χ0n) is 16.6. The monoisotopic (exact) mass is 474 g/mol. The molecule has 1 aromatic rings. The van der Waals surface area contributed by atoms with E-state index in [1.54, 1.807) is 24.3 Å². The maximum atomic E-state index is 11.9. The van der Waals surface area contributed by atoms with Gasteiger partial charge in [0.2, 0.25) is 13.9 Å². The Hall–Kier alpha value is -1.61. The molecule has 1 saturated heterocycles. The minimum atomic E-state index is -1.98. The molecule has 10 nitrogen and oxygen atoms in total. The van der Waals surface area contributed by atoms with Gasteiger partial charge < -0.3 is 44.8 Å². The molecule has 0 saturated carbocycles. The number of anilines is 1. The van der Waals surface area contributed by atoms with Gasteiger partial charge in [0.05, 0.1) is 6.61 Å². The van der Waals surface area contributed by atoms with Gasteiger partial charge in [0.1, 0.15) is 30.2 Å². The smallest absolute Gasteiger partial charge is 0.319 e. The molecule has 31 heavy (non-hydrogen) atoms. The second kappa shape index (κ2) is 13.1. The lowest BCUT2D eigenvalue weighted by molar-refractivity contribution is -0.276. The highest BCUT2D eigenvalue weighted by molar-refractivity contribution is 8.41. The summed E-state index contributed by atoms with van der Waals surface area (Å²) in [4.78, 5) is 21.0. The average Bonchev–Trinajstić information content (AvgIpc) is 2.74. The summed E-state index contributed by atoms with van der Waals surface area (Å²) in [6, 6.07) is 5.92. The van der Waals surface area contributed by atoms with Crippen LogP contribution < -0.4 is 15.4 Å². The highest BCUT2D eigenvalue weighted by atomic mass is 32.7. The minimum absolute atomic E-state index is 0.253. The SMILES string of the molecule is C#CCCCCNC(=O)Nc1ccc(O[C@H]2OC(COP(O)S)[C@@H](O)C(O)C2O)cc1. The second-order valence-corrected chi connectivity index (χ2v) is 8.54. The molecule has 0 aromatic heterocycles. The highest BCUT2D eigenvalue weighted by Crippen LogP contribution is 2.37. The Kier molecular flexibility index (Phi) is 10.8. The topological polar surface area (TPSA) is 150 Å². The van der Waals surface area contributed by atoms with Crippen LogP contribution in [-0.4, -0.2) is 70.1 Å². The number of hydrogen-bond donors (Lipinski definition) is 7. The molecule has 0 aliphatic carbocycles. The first kappa shape index (κ1) is 25.6. The highest BCUT2D eigenvalue weighted by Gasteiger charge is 2.45. The van der Waals surface area contributed by atoms with E-state index in [-0.39, 0.29) is 12.6 Å². The first-order valence-corrected chi connectivity index (χ1v) is 11.9. The van der Waals surface area contributed by atoms with Gasteiger partial charge in [-0.3, -0.25) is 0 Å². The molecule has 1 aliphatic rings. The summed E-state index contributed by atoms with van der Waals surface area (Å²) < 4.78 is 16.0. The lowest BCUT2D eigenvalue weighted by atomic mass is 9.99. The third kappa shape index (κ3) is 8.44. The van der Waals surface area contributed by atoms with Gasteiger partial charge in [0, 0.05) is 18.7 Å². The number of aliphatic hydroxyl groups excluding tert-OH is 3. The van der Waals surface area contributed by atoms with Crippen LogP contribution in [0.3, 0.4) is 0 Å². The van der Waals surface area contributed by atoms with Gasteiger partial charge in [-0.25, -0.2) is 4.79 Å². The van der Waals surface area contributed by atoms with Crippen molar-refractivity contribution in [2.45, 2.75) is 50.0 Å². The van der Waals surface area contributed by atoms with Crippen molar-refractivity contribution in [2.75, 3.05) is 18.5 Å². The van der Waals surface area contributed by atoms with E-state index in [4.69, 9.17) is 25.3 Å². The Labute approximate surface area is 187 Å². The summed E-state index contributed by atoms with van der Waals surface area (Å²) in [6.07, 6.45) is 0.647. The Bertz CT molecular complexity index is 733. The van der Waals surface area contributed by atoms with E-state index in [0.29, 0.717) is 24.4 Å². The number of carbonyl (C=O) groups is 1. The molecule has 0 spiro atoms. The molecule has 0 bridgehead atoms. The minimum Gasteiger partial charge on any atom is -0.462 e. The summed E-state index contributed by atoms with van der Waals surface area (Å²) in [5.74, 6) is 2.84. The van der Waals surface area contributed by atoms with Crippen molar-refractivity contribution in [1.29, 1.82) is 0 Å². The van der Waals surface area contributed by atoms with E-state index in [1.165, 1.54) is 0 Å². The normalized spacial score (nSPS) is 26.5. The van der Waals surface area contributed by atoms with Gasteiger partial charge in [-0.05, 0) is 37.1 Å². The number of amides is 2. The van der Waals surface area contributed by atoms with E-state index in [2.05, 4.69) is 28.8 Å². The molecule has 4 unspecified atom stereocenters. The van der Waals surface area contributed by atoms with Crippen molar-refractivity contribution in [3.05, 3.63) is 24.3 Å². The molecule has 2 rings (SSSR count). The second-order valence-electron chi connectivity index (χ2n) is 6.75. The van der Waals surface area contributed by atoms with Crippen LogP contribution in [0, 0.1) is 12.3 Å². The first-order chi connectivity index (χ1) is 14.8. The van der Waals surface area contributed by atoms with Crippen molar-refractivity contribution in [3.8, 4) is 18.1 Å². The van der Waals surface area contributed by atoms with Crippen LogP contribution in [0.4, 0.5) is 10.5 Å². The number of terminal acetylenes is 1. The molecule has 0 radical (unpaired) electrons. The molecular formula is C19H27N2O8PS. The quantitative estimate of drug-likeness (QED) is 0.115. The van der Waals surface area contributed by atoms with E-state index in [0.717, 1.165) is 12.8 Å².